The first-order chi connectivity index (χ1) is 7.68. The Morgan fingerprint density at radius 1 is 1.44 bits per heavy atom. The molecule has 16 heavy (non-hydrogen) atoms. The summed E-state index contributed by atoms with van der Waals surface area (Å²) in [5.74, 6) is 0.711. The highest BCUT2D eigenvalue weighted by molar-refractivity contribution is 5.18. The second-order valence-corrected chi connectivity index (χ2v) is 5.06. The van der Waals surface area contributed by atoms with E-state index in [1.807, 2.05) is 24.9 Å². The van der Waals surface area contributed by atoms with E-state index in [2.05, 4.69) is 5.10 Å². The van der Waals surface area contributed by atoms with Gasteiger partial charge in [0.1, 0.15) is 0 Å². The third kappa shape index (κ3) is 2.46. The smallest absolute Gasteiger partial charge is 0.0825 e. The molecule has 0 radical (unpaired) electrons. The summed E-state index contributed by atoms with van der Waals surface area (Å²) in [5.41, 5.74) is 2.09. The molecule has 3 heteroatoms. The third-order valence-corrected chi connectivity index (χ3v) is 3.91. The maximum atomic E-state index is 10.2. The fourth-order valence-electron chi connectivity index (χ4n) is 2.71. The largest absolute Gasteiger partial charge is 0.388 e. The normalized spacial score (nSPS) is 19.9. The Hall–Kier alpha value is -0.830. The van der Waals surface area contributed by atoms with Gasteiger partial charge >= 0.3 is 0 Å². The van der Waals surface area contributed by atoms with Crippen molar-refractivity contribution in [2.75, 3.05) is 0 Å². The van der Waals surface area contributed by atoms with Crippen LogP contribution < -0.4 is 0 Å². The first kappa shape index (κ1) is 11.6. The van der Waals surface area contributed by atoms with E-state index >= 15 is 0 Å². The van der Waals surface area contributed by atoms with Crippen molar-refractivity contribution >= 4 is 0 Å². The topological polar surface area (TPSA) is 38.1 Å². The Bertz CT molecular complexity index is 340. The zero-order chi connectivity index (χ0) is 11.5. The zero-order valence-electron chi connectivity index (χ0n) is 10.3. The summed E-state index contributed by atoms with van der Waals surface area (Å²) in [7, 11) is 1.92. The monoisotopic (exact) mass is 222 g/mol. The van der Waals surface area contributed by atoms with E-state index in [0.717, 1.165) is 17.7 Å². The van der Waals surface area contributed by atoms with Crippen molar-refractivity contribution < 1.29 is 5.11 Å². The molecule has 2 rings (SSSR count). The minimum atomic E-state index is -0.322. The second kappa shape index (κ2) is 5.00. The number of aliphatic hydroxyl groups is 1. The number of aromatic nitrogens is 2. The lowest BCUT2D eigenvalue weighted by Crippen LogP contribution is -2.11. The molecule has 0 aliphatic heterocycles. The van der Waals surface area contributed by atoms with Crippen molar-refractivity contribution in [3.05, 3.63) is 17.5 Å². The zero-order valence-corrected chi connectivity index (χ0v) is 10.3. The lowest BCUT2D eigenvalue weighted by Gasteiger charge is -2.23. The van der Waals surface area contributed by atoms with Crippen molar-refractivity contribution in [3.8, 4) is 0 Å². The first-order valence-corrected chi connectivity index (χ1v) is 6.35. The predicted molar refractivity (Wildman–Crippen MR) is 64.1 cm³/mol. The third-order valence-electron chi connectivity index (χ3n) is 3.91. The van der Waals surface area contributed by atoms with E-state index in [1.54, 1.807) is 0 Å². The number of hydrogen-bond acceptors (Lipinski definition) is 2. The van der Waals surface area contributed by atoms with E-state index in [1.165, 1.54) is 32.1 Å². The van der Waals surface area contributed by atoms with Crippen LogP contribution in [0.5, 0.6) is 0 Å². The van der Waals surface area contributed by atoms with Gasteiger partial charge in [-0.1, -0.05) is 32.1 Å². The predicted octanol–water partition coefficient (Wildman–Crippen LogP) is 2.73. The van der Waals surface area contributed by atoms with Crippen molar-refractivity contribution in [1.29, 1.82) is 0 Å². The molecule has 0 saturated heterocycles. The molecule has 1 saturated carbocycles. The van der Waals surface area contributed by atoms with Crippen LogP contribution in [0.3, 0.4) is 0 Å². The number of nitrogens with zero attached hydrogens (tertiary/aromatic N) is 2. The average molecular weight is 222 g/mol. The van der Waals surface area contributed by atoms with Crippen LogP contribution in [0.1, 0.15) is 55.9 Å². The lowest BCUT2D eigenvalue weighted by atomic mass is 9.84. The van der Waals surface area contributed by atoms with E-state index in [4.69, 9.17) is 0 Å². The van der Waals surface area contributed by atoms with Crippen LogP contribution in [0.2, 0.25) is 0 Å². The lowest BCUT2D eigenvalue weighted by molar-refractivity contribution is 0.130. The van der Waals surface area contributed by atoms with E-state index in [0.29, 0.717) is 5.92 Å². The Morgan fingerprint density at radius 2 is 2.12 bits per heavy atom. The second-order valence-electron chi connectivity index (χ2n) is 5.06. The molecule has 0 amide bonds. The summed E-state index contributed by atoms with van der Waals surface area (Å²) in [6.07, 6.45) is 9.02. The summed E-state index contributed by atoms with van der Waals surface area (Å²) in [6.45, 7) is 2.02. The van der Waals surface area contributed by atoms with Crippen molar-refractivity contribution in [2.24, 2.45) is 13.0 Å². The van der Waals surface area contributed by atoms with E-state index in [9.17, 15) is 5.11 Å². The van der Waals surface area contributed by atoms with Crippen molar-refractivity contribution in [3.63, 3.8) is 0 Å². The van der Waals surface area contributed by atoms with Crippen LogP contribution in [-0.2, 0) is 7.05 Å². The van der Waals surface area contributed by atoms with Gasteiger partial charge in [0, 0.05) is 18.3 Å². The fourth-order valence-corrected chi connectivity index (χ4v) is 2.71. The molecular formula is C13H22N2O. The Labute approximate surface area is 97.5 Å². The average Bonchev–Trinajstić information content (AvgIpc) is 2.61. The highest BCUT2D eigenvalue weighted by Crippen LogP contribution is 2.32. The minimum Gasteiger partial charge on any atom is -0.388 e. The van der Waals surface area contributed by atoms with Crippen LogP contribution in [0, 0.1) is 12.8 Å². The number of aliphatic hydroxyl groups excluding tert-OH is 1. The van der Waals surface area contributed by atoms with E-state index < -0.39 is 0 Å². The molecule has 1 aliphatic rings. The van der Waals surface area contributed by atoms with Crippen molar-refractivity contribution in [2.45, 2.75) is 51.6 Å². The SMILES string of the molecule is Cc1c(C(O)CC2CCCCC2)cnn1C. The molecule has 3 nitrogen and oxygen atoms in total. The maximum Gasteiger partial charge on any atom is 0.0825 e. The van der Waals surface area contributed by atoms with Crippen LogP contribution in [-0.4, -0.2) is 14.9 Å². The standard InChI is InChI=1S/C13H22N2O/c1-10-12(9-14-15(10)2)13(16)8-11-6-4-3-5-7-11/h9,11,13,16H,3-8H2,1-2H3. The van der Waals surface area contributed by atoms with Gasteiger partial charge in [-0.25, -0.2) is 0 Å². The van der Waals surface area contributed by atoms with Gasteiger partial charge in [-0.2, -0.15) is 5.10 Å². The number of rotatable bonds is 3. The molecule has 1 unspecified atom stereocenters. The van der Waals surface area contributed by atoms with Crippen LogP contribution >= 0.6 is 0 Å². The van der Waals surface area contributed by atoms with Crippen LogP contribution in [0.25, 0.3) is 0 Å². The molecule has 1 heterocycles. The van der Waals surface area contributed by atoms with Gasteiger partial charge in [0.15, 0.2) is 0 Å². The fraction of sp³-hybridized carbons (Fsp3) is 0.769. The molecule has 1 fully saturated rings. The highest BCUT2D eigenvalue weighted by Gasteiger charge is 2.20. The molecule has 90 valence electrons. The summed E-state index contributed by atoms with van der Waals surface area (Å²) >= 11 is 0. The number of aryl methyl sites for hydroxylation is 1. The molecule has 1 N–H and O–H groups in total. The molecule has 1 aliphatic carbocycles. The molecule has 1 atom stereocenters. The highest BCUT2D eigenvalue weighted by atomic mass is 16.3. The molecule has 0 bridgehead atoms. The maximum absolute atomic E-state index is 10.2. The Kier molecular flexibility index (Phi) is 3.64. The Balaban J connectivity index is 1.96. The van der Waals surface area contributed by atoms with Gasteiger partial charge in [0.05, 0.1) is 12.3 Å². The van der Waals surface area contributed by atoms with Gasteiger partial charge < -0.3 is 5.11 Å². The van der Waals surface area contributed by atoms with Gasteiger partial charge in [-0.15, -0.1) is 0 Å². The molecule has 1 aromatic heterocycles. The minimum absolute atomic E-state index is 0.322. The molecule has 1 aromatic rings. The van der Waals surface area contributed by atoms with Crippen LogP contribution in [0.4, 0.5) is 0 Å². The summed E-state index contributed by atoms with van der Waals surface area (Å²) < 4.78 is 1.83. The summed E-state index contributed by atoms with van der Waals surface area (Å²) in [5, 5.41) is 14.4. The van der Waals surface area contributed by atoms with Gasteiger partial charge in [-0.3, -0.25) is 4.68 Å². The molecular weight excluding hydrogens is 200 g/mol. The van der Waals surface area contributed by atoms with E-state index in [-0.39, 0.29) is 6.10 Å². The van der Waals surface area contributed by atoms with Gasteiger partial charge in [0.2, 0.25) is 0 Å². The first-order valence-electron chi connectivity index (χ1n) is 6.35. The van der Waals surface area contributed by atoms with Crippen LogP contribution in [0.15, 0.2) is 6.20 Å². The van der Waals surface area contributed by atoms with Gasteiger partial charge in [-0.05, 0) is 19.3 Å². The van der Waals surface area contributed by atoms with Crippen molar-refractivity contribution in [1.82, 2.24) is 9.78 Å². The Morgan fingerprint density at radius 3 is 2.69 bits per heavy atom. The van der Waals surface area contributed by atoms with Gasteiger partial charge in [0.25, 0.3) is 0 Å². The molecule has 0 spiro atoms. The number of hydrogen-bond donors (Lipinski definition) is 1. The molecule has 0 aromatic carbocycles. The summed E-state index contributed by atoms with van der Waals surface area (Å²) in [6, 6.07) is 0. The summed E-state index contributed by atoms with van der Waals surface area (Å²) in [4.78, 5) is 0. The quantitative estimate of drug-likeness (QED) is 0.854.